The van der Waals surface area contributed by atoms with Crippen molar-refractivity contribution in [2.45, 2.75) is 6.54 Å². The van der Waals surface area contributed by atoms with E-state index >= 15 is 0 Å². The second-order valence-electron chi connectivity index (χ2n) is 6.14. The van der Waals surface area contributed by atoms with E-state index in [1.54, 1.807) is 29.0 Å². The Hall–Kier alpha value is -2.99. The maximum absolute atomic E-state index is 12.8. The van der Waals surface area contributed by atoms with Crippen molar-refractivity contribution in [3.8, 4) is 5.75 Å². The molecule has 0 saturated carbocycles. The summed E-state index contributed by atoms with van der Waals surface area (Å²) in [6, 6.07) is 12.9. The number of hydrogen-bond acceptors (Lipinski definition) is 4. The van der Waals surface area contributed by atoms with E-state index < -0.39 is 0 Å². The van der Waals surface area contributed by atoms with Crippen LogP contribution >= 0.6 is 11.6 Å². The fourth-order valence-corrected chi connectivity index (χ4v) is 3.36. The molecule has 0 bridgehead atoms. The van der Waals surface area contributed by atoms with Crippen molar-refractivity contribution in [1.29, 1.82) is 5.41 Å². The molecule has 2 aromatic carbocycles. The molecule has 0 aromatic heterocycles. The molecule has 1 aliphatic rings. The van der Waals surface area contributed by atoms with Crippen molar-refractivity contribution in [3.63, 3.8) is 0 Å². The van der Waals surface area contributed by atoms with Gasteiger partial charge < -0.3 is 20.8 Å². The van der Waals surface area contributed by atoms with Gasteiger partial charge >= 0.3 is 6.03 Å². The number of nitrogens with one attached hydrogen (secondary N) is 1. The highest BCUT2D eigenvalue weighted by Gasteiger charge is 2.30. The van der Waals surface area contributed by atoms with Crippen molar-refractivity contribution in [2.24, 2.45) is 5.73 Å². The highest BCUT2D eigenvalue weighted by atomic mass is 35.5. The van der Waals surface area contributed by atoms with Crippen LogP contribution in [0.15, 0.2) is 48.7 Å². The Balaban J connectivity index is 1.77. The van der Waals surface area contributed by atoms with Gasteiger partial charge in [-0.05, 0) is 35.4 Å². The number of methoxy groups -OCH3 is 1. The third kappa shape index (κ3) is 3.90. The lowest BCUT2D eigenvalue weighted by atomic mass is 10.1. The molecule has 1 aliphatic heterocycles. The van der Waals surface area contributed by atoms with Gasteiger partial charge in [0.25, 0.3) is 0 Å². The average Bonchev–Trinajstić information content (AvgIpc) is 3.03. The quantitative estimate of drug-likeness (QED) is 0.744. The Labute approximate surface area is 163 Å². The van der Waals surface area contributed by atoms with E-state index in [9.17, 15) is 4.79 Å². The lowest BCUT2D eigenvalue weighted by Crippen LogP contribution is -2.31. The molecule has 0 atom stereocenters. The Morgan fingerprint density at radius 2 is 2.11 bits per heavy atom. The van der Waals surface area contributed by atoms with E-state index in [1.165, 1.54) is 12.4 Å². The number of nitrogens with zero attached hydrogens (tertiary/aromatic N) is 2. The number of carbonyl (C=O) groups excluding carboxylic acids is 1. The predicted octanol–water partition coefficient (Wildman–Crippen LogP) is 3.74. The zero-order valence-corrected chi connectivity index (χ0v) is 15.7. The van der Waals surface area contributed by atoms with E-state index in [-0.39, 0.29) is 6.03 Å². The van der Waals surface area contributed by atoms with Crippen LogP contribution in [0, 0.1) is 5.41 Å². The first kappa shape index (κ1) is 18.8. The molecule has 2 aromatic rings. The van der Waals surface area contributed by atoms with Crippen LogP contribution in [0.5, 0.6) is 5.75 Å². The van der Waals surface area contributed by atoms with Gasteiger partial charge in [0.1, 0.15) is 5.75 Å². The molecular formula is C20H21ClN4O2. The molecular weight excluding hydrogens is 364 g/mol. The Bertz CT molecular complexity index is 897. The first-order chi connectivity index (χ1) is 13.1. The third-order valence-electron chi connectivity index (χ3n) is 4.51. The number of halogens is 1. The van der Waals surface area contributed by atoms with E-state index in [4.69, 9.17) is 27.5 Å². The lowest BCUT2D eigenvalue weighted by molar-refractivity contribution is 0.218. The topological polar surface area (TPSA) is 82.7 Å². The molecule has 140 valence electrons. The number of carbonyl (C=O) groups is 1. The van der Waals surface area contributed by atoms with Crippen molar-refractivity contribution in [2.75, 3.05) is 25.1 Å². The molecule has 3 rings (SSSR count). The number of amides is 2. The maximum Gasteiger partial charge on any atom is 0.324 e. The van der Waals surface area contributed by atoms with Gasteiger partial charge in [-0.25, -0.2) is 4.79 Å². The number of hydrogen-bond donors (Lipinski definition) is 2. The van der Waals surface area contributed by atoms with Gasteiger partial charge in [-0.1, -0.05) is 29.8 Å². The standard InChI is InChI=1S/C20H21ClN4O2/c1-27-17-4-2-3-14(9-17)13-24-7-8-25(20(24)26)19-6-5-15(10-18(19)21)16(11-22)12-23/h2-6,9-12,22H,7-8,13,23H2,1H3/b16-12+,22-11?. The molecule has 27 heavy (non-hydrogen) atoms. The van der Waals surface area contributed by atoms with Gasteiger partial charge in [-0.2, -0.15) is 0 Å². The van der Waals surface area contributed by atoms with Crippen LogP contribution in [-0.2, 0) is 6.54 Å². The van der Waals surface area contributed by atoms with Gasteiger partial charge in [-0.3, -0.25) is 4.90 Å². The van der Waals surface area contributed by atoms with Crippen LogP contribution in [0.1, 0.15) is 11.1 Å². The first-order valence-corrected chi connectivity index (χ1v) is 8.87. The molecule has 0 spiro atoms. The summed E-state index contributed by atoms with van der Waals surface area (Å²) in [6.45, 7) is 1.69. The number of urea groups is 1. The molecule has 6 nitrogen and oxygen atoms in total. The van der Waals surface area contributed by atoms with Gasteiger partial charge in [-0.15, -0.1) is 0 Å². The van der Waals surface area contributed by atoms with Crippen LogP contribution in [0.3, 0.4) is 0 Å². The van der Waals surface area contributed by atoms with E-state index in [0.29, 0.717) is 35.9 Å². The first-order valence-electron chi connectivity index (χ1n) is 8.49. The van der Waals surface area contributed by atoms with Crippen LogP contribution in [0.2, 0.25) is 5.02 Å². The third-order valence-corrected chi connectivity index (χ3v) is 4.81. The number of allylic oxidation sites excluding steroid dienone is 1. The normalized spacial score (nSPS) is 14.6. The van der Waals surface area contributed by atoms with Gasteiger partial charge in [0, 0.05) is 37.6 Å². The molecule has 7 heteroatoms. The van der Waals surface area contributed by atoms with Crippen LogP contribution in [-0.4, -0.2) is 37.3 Å². The number of rotatable bonds is 6. The van der Waals surface area contributed by atoms with Crippen molar-refractivity contribution in [1.82, 2.24) is 4.90 Å². The van der Waals surface area contributed by atoms with Crippen LogP contribution < -0.4 is 15.4 Å². The summed E-state index contributed by atoms with van der Waals surface area (Å²) >= 11 is 6.41. The number of benzene rings is 2. The molecule has 2 amide bonds. The molecule has 0 unspecified atom stereocenters. The average molecular weight is 385 g/mol. The number of nitrogens with two attached hydrogens (primary N) is 1. The monoisotopic (exact) mass is 384 g/mol. The number of ether oxygens (including phenoxy) is 1. The summed E-state index contributed by atoms with van der Waals surface area (Å²) in [6.07, 6.45) is 2.53. The Morgan fingerprint density at radius 1 is 1.30 bits per heavy atom. The summed E-state index contributed by atoms with van der Waals surface area (Å²) < 4.78 is 5.24. The summed E-state index contributed by atoms with van der Waals surface area (Å²) in [5, 5.41) is 7.84. The molecule has 3 N–H and O–H groups in total. The molecule has 1 saturated heterocycles. The zero-order valence-electron chi connectivity index (χ0n) is 15.0. The minimum Gasteiger partial charge on any atom is -0.497 e. The van der Waals surface area contributed by atoms with Crippen LogP contribution in [0.4, 0.5) is 10.5 Å². The molecule has 0 aliphatic carbocycles. The summed E-state index contributed by atoms with van der Waals surface area (Å²) in [5.41, 5.74) is 8.49. The SMILES string of the molecule is COc1cccc(CN2CCN(c3ccc(/C(C=N)=C/N)cc3Cl)C2=O)c1. The Morgan fingerprint density at radius 3 is 2.78 bits per heavy atom. The fraction of sp³-hybridized carbons (Fsp3) is 0.200. The number of anilines is 1. The minimum atomic E-state index is -0.0888. The smallest absolute Gasteiger partial charge is 0.324 e. The second-order valence-corrected chi connectivity index (χ2v) is 6.55. The maximum atomic E-state index is 12.8. The van der Waals surface area contributed by atoms with E-state index in [2.05, 4.69) is 0 Å². The summed E-state index contributed by atoms with van der Waals surface area (Å²) in [7, 11) is 1.62. The fourth-order valence-electron chi connectivity index (χ4n) is 3.08. The highest BCUT2D eigenvalue weighted by Crippen LogP contribution is 2.31. The van der Waals surface area contributed by atoms with Gasteiger partial charge in [0.2, 0.25) is 0 Å². The van der Waals surface area contributed by atoms with Gasteiger partial charge in [0.05, 0.1) is 17.8 Å². The zero-order chi connectivity index (χ0) is 19.4. The predicted molar refractivity (Wildman–Crippen MR) is 109 cm³/mol. The van der Waals surface area contributed by atoms with Crippen molar-refractivity contribution >= 4 is 35.1 Å². The highest BCUT2D eigenvalue weighted by molar-refractivity contribution is 6.34. The minimum absolute atomic E-state index is 0.0888. The summed E-state index contributed by atoms with van der Waals surface area (Å²) in [4.78, 5) is 16.3. The van der Waals surface area contributed by atoms with Crippen molar-refractivity contribution in [3.05, 3.63) is 64.8 Å². The van der Waals surface area contributed by atoms with Gasteiger partial charge in [0.15, 0.2) is 0 Å². The van der Waals surface area contributed by atoms with Crippen molar-refractivity contribution < 1.29 is 9.53 Å². The lowest BCUT2D eigenvalue weighted by Gasteiger charge is -2.20. The molecule has 1 fully saturated rings. The second kappa shape index (κ2) is 8.14. The molecule has 1 heterocycles. The summed E-state index contributed by atoms with van der Waals surface area (Å²) in [5.74, 6) is 0.768. The van der Waals surface area contributed by atoms with E-state index in [1.807, 2.05) is 30.3 Å². The molecule has 0 radical (unpaired) electrons. The van der Waals surface area contributed by atoms with E-state index in [0.717, 1.165) is 16.9 Å². The largest absolute Gasteiger partial charge is 0.497 e. The van der Waals surface area contributed by atoms with Crippen LogP contribution in [0.25, 0.3) is 5.57 Å². The Kier molecular flexibility index (Phi) is 5.66.